The largest absolute Gasteiger partial charge is 0.486 e. The highest BCUT2D eigenvalue weighted by atomic mass is 32.1. The first-order chi connectivity index (χ1) is 15.7. The number of fused-ring (bicyclic) bond motifs is 2. The number of benzene rings is 2. The van der Waals surface area contributed by atoms with Gasteiger partial charge in [-0.25, -0.2) is 4.79 Å². The van der Waals surface area contributed by atoms with E-state index in [4.69, 9.17) is 14.2 Å². The Morgan fingerprint density at radius 2 is 1.84 bits per heavy atom. The van der Waals surface area contributed by atoms with Gasteiger partial charge in [0, 0.05) is 27.5 Å². The number of esters is 1. The first kappa shape index (κ1) is 20.1. The maximum Gasteiger partial charge on any atom is 0.355 e. The van der Waals surface area contributed by atoms with Crippen LogP contribution in [0.15, 0.2) is 66.0 Å². The highest BCUT2D eigenvalue weighted by Gasteiger charge is 2.22. The molecule has 2 aromatic carbocycles. The van der Waals surface area contributed by atoms with E-state index in [0.29, 0.717) is 42.6 Å². The fourth-order valence-electron chi connectivity index (χ4n) is 3.55. The Hall–Kier alpha value is -3.78. The number of hydrogen-bond acceptors (Lipinski definition) is 6. The second kappa shape index (κ2) is 8.76. The summed E-state index contributed by atoms with van der Waals surface area (Å²) in [6, 6.07) is 18.5. The molecule has 7 nitrogen and oxygen atoms in total. The number of hydrogen-bond donors (Lipinski definition) is 1. The smallest absolute Gasteiger partial charge is 0.355 e. The summed E-state index contributed by atoms with van der Waals surface area (Å²) in [6.45, 7) is 0.930. The summed E-state index contributed by atoms with van der Waals surface area (Å²) < 4.78 is 16.6. The van der Waals surface area contributed by atoms with Crippen LogP contribution in [0.5, 0.6) is 11.5 Å². The Labute approximate surface area is 188 Å². The molecule has 0 bridgehead atoms. The number of nitrogens with zero attached hydrogens (tertiary/aromatic N) is 1. The van der Waals surface area contributed by atoms with Crippen LogP contribution in [0.25, 0.3) is 10.9 Å². The third-order valence-electron chi connectivity index (χ3n) is 5.11. The van der Waals surface area contributed by atoms with E-state index in [0.717, 1.165) is 15.8 Å². The summed E-state index contributed by atoms with van der Waals surface area (Å²) in [4.78, 5) is 31.3. The number of aromatic amines is 1. The quantitative estimate of drug-likeness (QED) is 0.443. The minimum Gasteiger partial charge on any atom is -0.486 e. The van der Waals surface area contributed by atoms with Gasteiger partial charge in [0.1, 0.15) is 18.9 Å². The average Bonchev–Trinajstić information content (AvgIpc) is 3.50. The van der Waals surface area contributed by atoms with Crippen LogP contribution < -0.4 is 14.4 Å². The predicted octanol–water partition coefficient (Wildman–Crippen LogP) is 4.39. The lowest BCUT2D eigenvalue weighted by Gasteiger charge is -2.25. The Kier molecular flexibility index (Phi) is 5.51. The van der Waals surface area contributed by atoms with Crippen LogP contribution in [0.3, 0.4) is 0 Å². The number of anilines is 1. The molecule has 0 spiro atoms. The zero-order valence-corrected chi connectivity index (χ0v) is 17.9. The van der Waals surface area contributed by atoms with Gasteiger partial charge in [-0.2, -0.15) is 0 Å². The van der Waals surface area contributed by atoms with Crippen LogP contribution in [0, 0.1) is 0 Å². The number of rotatable bonds is 6. The minimum atomic E-state index is -0.576. The summed E-state index contributed by atoms with van der Waals surface area (Å²) in [6.07, 6.45) is 0. The molecule has 0 atom stereocenters. The van der Waals surface area contributed by atoms with Crippen molar-refractivity contribution in [2.75, 3.05) is 24.7 Å². The molecular weight excluding hydrogens is 428 g/mol. The molecule has 32 heavy (non-hydrogen) atoms. The van der Waals surface area contributed by atoms with Gasteiger partial charge in [0.2, 0.25) is 0 Å². The number of ether oxygens (including phenoxy) is 3. The SMILES string of the molecule is O=C(OCC(=O)N(Cc1cccs1)c1ccc2c(c1)OCCO2)c1cc2ccccc2[nH]1. The molecular formula is C24H20N2O5S. The van der Waals surface area contributed by atoms with E-state index >= 15 is 0 Å². The van der Waals surface area contributed by atoms with E-state index in [1.165, 1.54) is 0 Å². The first-order valence-electron chi connectivity index (χ1n) is 10.1. The van der Waals surface area contributed by atoms with Crippen LogP contribution in [0.4, 0.5) is 5.69 Å². The average molecular weight is 449 g/mol. The van der Waals surface area contributed by atoms with Gasteiger partial charge >= 0.3 is 5.97 Å². The number of H-pyrrole nitrogens is 1. The van der Waals surface area contributed by atoms with Gasteiger partial charge in [0.05, 0.1) is 6.54 Å². The van der Waals surface area contributed by atoms with E-state index in [2.05, 4.69) is 4.98 Å². The molecule has 1 aliphatic heterocycles. The van der Waals surface area contributed by atoms with Crippen molar-refractivity contribution in [3.05, 3.63) is 76.6 Å². The van der Waals surface area contributed by atoms with E-state index in [9.17, 15) is 9.59 Å². The van der Waals surface area contributed by atoms with Gasteiger partial charge in [-0.05, 0) is 35.7 Å². The summed E-state index contributed by atoms with van der Waals surface area (Å²) in [5.41, 5.74) is 1.79. The molecule has 0 saturated heterocycles. The molecule has 162 valence electrons. The lowest BCUT2D eigenvalue weighted by Crippen LogP contribution is -2.34. The number of para-hydroxylation sites is 1. The van der Waals surface area contributed by atoms with E-state index in [-0.39, 0.29) is 12.5 Å². The second-order valence-corrected chi connectivity index (χ2v) is 8.27. The Balaban J connectivity index is 1.34. The Morgan fingerprint density at radius 3 is 2.66 bits per heavy atom. The van der Waals surface area contributed by atoms with Gasteiger partial charge in [0.25, 0.3) is 5.91 Å². The number of amides is 1. The number of aromatic nitrogens is 1. The summed E-state index contributed by atoms with van der Waals surface area (Å²) >= 11 is 1.55. The fraction of sp³-hybridized carbons (Fsp3) is 0.167. The van der Waals surface area contributed by atoms with Gasteiger partial charge in [-0.3, -0.25) is 4.79 Å². The highest BCUT2D eigenvalue weighted by Crippen LogP contribution is 2.34. The summed E-state index contributed by atoms with van der Waals surface area (Å²) in [5.74, 6) is 0.328. The van der Waals surface area contributed by atoms with E-state index < -0.39 is 5.97 Å². The number of carbonyl (C=O) groups is 2. The van der Waals surface area contributed by atoms with Gasteiger partial charge in [0.15, 0.2) is 18.1 Å². The maximum absolute atomic E-state index is 13.1. The van der Waals surface area contributed by atoms with E-state index in [1.807, 2.05) is 41.8 Å². The molecule has 5 rings (SSSR count). The maximum atomic E-state index is 13.1. The molecule has 0 fully saturated rings. The third kappa shape index (κ3) is 4.17. The normalized spacial score (nSPS) is 12.5. The van der Waals surface area contributed by atoms with Crippen molar-refractivity contribution in [1.29, 1.82) is 0 Å². The molecule has 0 unspecified atom stereocenters. The first-order valence-corrected chi connectivity index (χ1v) is 11.0. The van der Waals surface area contributed by atoms with Gasteiger partial charge in [-0.15, -0.1) is 11.3 Å². The molecule has 0 aliphatic carbocycles. The van der Waals surface area contributed by atoms with Gasteiger partial charge < -0.3 is 24.1 Å². The molecule has 3 heterocycles. The van der Waals surface area contributed by atoms with Crippen LogP contribution >= 0.6 is 11.3 Å². The van der Waals surface area contributed by atoms with Crippen LogP contribution in [-0.2, 0) is 16.1 Å². The van der Waals surface area contributed by atoms with Crippen molar-refractivity contribution in [2.24, 2.45) is 0 Å². The number of nitrogens with one attached hydrogen (secondary N) is 1. The molecule has 1 aliphatic rings. The lowest BCUT2D eigenvalue weighted by molar-refractivity contribution is -0.121. The predicted molar refractivity (Wildman–Crippen MR) is 122 cm³/mol. The molecule has 1 N–H and O–H groups in total. The Morgan fingerprint density at radius 1 is 1.00 bits per heavy atom. The zero-order valence-electron chi connectivity index (χ0n) is 17.1. The Bertz CT molecular complexity index is 1230. The second-order valence-electron chi connectivity index (χ2n) is 7.23. The van der Waals surface area contributed by atoms with Crippen LogP contribution in [0.1, 0.15) is 15.4 Å². The van der Waals surface area contributed by atoms with Gasteiger partial charge in [-0.1, -0.05) is 24.3 Å². The van der Waals surface area contributed by atoms with Crippen molar-refractivity contribution in [2.45, 2.75) is 6.54 Å². The summed E-state index contributed by atoms with van der Waals surface area (Å²) in [7, 11) is 0. The molecule has 4 aromatic rings. The molecule has 2 aromatic heterocycles. The van der Waals surface area contributed by atoms with Crippen molar-refractivity contribution in [3.63, 3.8) is 0 Å². The third-order valence-corrected chi connectivity index (χ3v) is 5.97. The fourth-order valence-corrected chi connectivity index (χ4v) is 4.24. The van der Waals surface area contributed by atoms with Crippen molar-refractivity contribution in [1.82, 2.24) is 4.98 Å². The topological polar surface area (TPSA) is 80.9 Å². The van der Waals surface area contributed by atoms with Crippen molar-refractivity contribution in [3.8, 4) is 11.5 Å². The highest BCUT2D eigenvalue weighted by molar-refractivity contribution is 7.09. The molecule has 0 radical (unpaired) electrons. The standard InChI is InChI=1S/C24H20N2O5S/c27-23(15-31-24(28)20-12-16-4-1-2-6-19(16)25-20)26(14-18-5-3-11-32-18)17-7-8-21-22(13-17)30-10-9-29-21/h1-8,11-13,25H,9-10,14-15H2. The van der Waals surface area contributed by atoms with Crippen LogP contribution in [0.2, 0.25) is 0 Å². The minimum absolute atomic E-state index is 0.308. The molecule has 1 amide bonds. The van der Waals surface area contributed by atoms with Crippen molar-refractivity contribution >= 4 is 39.8 Å². The number of thiophene rings is 1. The van der Waals surface area contributed by atoms with E-state index in [1.54, 1.807) is 40.5 Å². The molecule has 0 saturated carbocycles. The lowest BCUT2D eigenvalue weighted by atomic mass is 10.2. The summed E-state index contributed by atoms with van der Waals surface area (Å²) in [5, 5.41) is 2.86. The monoisotopic (exact) mass is 448 g/mol. The molecule has 8 heteroatoms. The van der Waals surface area contributed by atoms with Crippen molar-refractivity contribution < 1.29 is 23.8 Å². The zero-order chi connectivity index (χ0) is 21.9. The number of carbonyl (C=O) groups excluding carboxylic acids is 2. The van der Waals surface area contributed by atoms with Crippen LogP contribution in [-0.4, -0.2) is 36.7 Å².